The Hall–Kier alpha value is -3.14. The Kier molecular flexibility index (Phi) is 8.99. The number of thiophene rings is 1. The van der Waals surface area contributed by atoms with Gasteiger partial charge in [-0.15, -0.1) is 11.3 Å². The van der Waals surface area contributed by atoms with Crippen molar-refractivity contribution in [2.45, 2.75) is 29.8 Å². The number of alkyl halides is 3. The molecule has 0 fully saturated rings. The molecular weight excluding hydrogens is 603 g/mol. The monoisotopic (exact) mass is 623 g/mol. The number of sulfonamides is 2. The number of benzene rings is 2. The lowest BCUT2D eigenvalue weighted by Gasteiger charge is -2.17. The summed E-state index contributed by atoms with van der Waals surface area (Å²) in [6.07, 6.45) is -4.04. The summed E-state index contributed by atoms with van der Waals surface area (Å²) >= 11 is 6.40. The van der Waals surface area contributed by atoms with Crippen molar-refractivity contribution in [3.05, 3.63) is 81.2 Å². The van der Waals surface area contributed by atoms with E-state index >= 15 is 0 Å². The number of halogens is 4. The third kappa shape index (κ3) is 8.17. The summed E-state index contributed by atoms with van der Waals surface area (Å²) < 4.78 is 91.8. The third-order valence-electron chi connectivity index (χ3n) is 5.07. The van der Waals surface area contributed by atoms with Gasteiger partial charge in [-0.2, -0.15) is 13.2 Å². The summed E-state index contributed by atoms with van der Waals surface area (Å²) in [5.41, 5.74) is -0.921. The molecule has 3 aromatic rings. The highest BCUT2D eigenvalue weighted by atomic mass is 35.5. The lowest BCUT2D eigenvalue weighted by Crippen LogP contribution is -2.49. The van der Waals surface area contributed by atoms with Crippen molar-refractivity contribution >= 4 is 60.5 Å². The van der Waals surface area contributed by atoms with Crippen LogP contribution in [0.1, 0.15) is 26.4 Å². The highest BCUT2D eigenvalue weighted by Gasteiger charge is 2.32. The maximum atomic E-state index is 13.1. The Morgan fingerprint density at radius 3 is 2.26 bits per heavy atom. The number of nitrogens with one attached hydrogen (secondary N) is 3. The van der Waals surface area contributed by atoms with E-state index in [1.807, 2.05) is 9.44 Å². The van der Waals surface area contributed by atoms with E-state index in [9.17, 15) is 39.6 Å². The van der Waals surface area contributed by atoms with Crippen molar-refractivity contribution in [2.75, 3.05) is 11.0 Å². The first kappa shape index (κ1) is 30.4. The molecular formula is C23H21ClF3N3O6S3. The van der Waals surface area contributed by atoms with Crippen LogP contribution in [-0.4, -0.2) is 40.9 Å². The van der Waals surface area contributed by atoms with Gasteiger partial charge in [0.2, 0.25) is 10.0 Å². The highest BCUT2D eigenvalue weighted by Crippen LogP contribution is 2.36. The van der Waals surface area contributed by atoms with Crippen LogP contribution in [0.2, 0.25) is 5.02 Å². The maximum absolute atomic E-state index is 13.1. The number of hydrogen-bond donors (Lipinski definition) is 3. The molecule has 1 heterocycles. The van der Waals surface area contributed by atoms with E-state index in [1.54, 1.807) is 30.3 Å². The van der Waals surface area contributed by atoms with E-state index in [1.165, 1.54) is 13.0 Å². The van der Waals surface area contributed by atoms with Crippen molar-refractivity contribution in [3.8, 4) is 0 Å². The molecule has 0 bridgehead atoms. The van der Waals surface area contributed by atoms with Crippen LogP contribution in [0.25, 0.3) is 0 Å². The molecule has 1 atom stereocenters. The van der Waals surface area contributed by atoms with Gasteiger partial charge in [-0.1, -0.05) is 41.9 Å². The number of amides is 2. The SMILES string of the molecule is Cc1cc(C(=O)N[C@H](Cc2ccccc2)C(=O)NS(C)(=O)=O)sc1S(=O)(=O)Nc1cc(C(F)(F)F)ccc1Cl. The van der Waals surface area contributed by atoms with Gasteiger partial charge in [0.05, 0.1) is 27.4 Å². The lowest BCUT2D eigenvalue weighted by molar-refractivity contribution is -0.137. The number of carbonyl (C=O) groups excluding carboxylic acids is 2. The van der Waals surface area contributed by atoms with E-state index in [4.69, 9.17) is 11.6 Å². The first-order valence-corrected chi connectivity index (χ1v) is 15.4. The third-order valence-corrected chi connectivity index (χ3v) is 9.21. The van der Waals surface area contributed by atoms with Crippen LogP contribution < -0.4 is 14.8 Å². The molecule has 0 aliphatic carbocycles. The van der Waals surface area contributed by atoms with Gasteiger partial charge in [-0.05, 0) is 42.3 Å². The van der Waals surface area contributed by atoms with Crippen LogP contribution in [0.3, 0.4) is 0 Å². The van der Waals surface area contributed by atoms with Crippen LogP contribution >= 0.6 is 22.9 Å². The number of carbonyl (C=O) groups is 2. The van der Waals surface area contributed by atoms with Gasteiger partial charge in [0, 0.05) is 6.42 Å². The zero-order chi connectivity index (χ0) is 29.2. The number of rotatable bonds is 9. The van der Waals surface area contributed by atoms with Gasteiger partial charge < -0.3 is 5.32 Å². The minimum absolute atomic E-state index is 0.0704. The average Bonchev–Trinajstić information content (AvgIpc) is 3.21. The number of aryl methyl sites for hydroxylation is 1. The molecule has 2 aromatic carbocycles. The first-order valence-electron chi connectivity index (χ1n) is 10.8. The molecule has 0 aliphatic heterocycles. The predicted molar refractivity (Wildman–Crippen MR) is 141 cm³/mol. The van der Waals surface area contributed by atoms with E-state index in [0.29, 0.717) is 29.0 Å². The van der Waals surface area contributed by atoms with Crippen molar-refractivity contribution in [2.24, 2.45) is 0 Å². The van der Waals surface area contributed by atoms with Crippen molar-refractivity contribution in [1.29, 1.82) is 0 Å². The van der Waals surface area contributed by atoms with E-state index in [2.05, 4.69) is 5.32 Å². The summed E-state index contributed by atoms with van der Waals surface area (Å²) in [6.45, 7) is 1.37. The number of anilines is 1. The molecule has 0 aliphatic rings. The van der Waals surface area contributed by atoms with E-state index < -0.39 is 55.3 Å². The standard InChI is InChI=1S/C23H21ClF3N3O6S3/c1-13-10-19(21(32)28-18(20(31)30-38(2,33)34)11-14-6-4-3-5-7-14)37-22(13)39(35,36)29-17-12-15(23(25,26)27)8-9-16(17)24/h3-10,12,18,29H,11H2,1-2H3,(H,28,32)(H,30,31)/t18-/m1/s1. The Labute approximate surface area is 231 Å². The van der Waals surface area contributed by atoms with Gasteiger partial charge in [-0.25, -0.2) is 16.8 Å². The van der Waals surface area contributed by atoms with Crippen LogP contribution in [0.5, 0.6) is 0 Å². The molecule has 2 amide bonds. The van der Waals surface area contributed by atoms with Crippen molar-refractivity contribution in [1.82, 2.24) is 10.0 Å². The molecule has 3 N–H and O–H groups in total. The van der Waals surface area contributed by atoms with Gasteiger partial charge in [0.25, 0.3) is 21.8 Å². The molecule has 0 saturated carbocycles. The molecule has 0 saturated heterocycles. The van der Waals surface area contributed by atoms with Crippen molar-refractivity contribution < 1.29 is 39.6 Å². The van der Waals surface area contributed by atoms with Crippen LogP contribution in [0.4, 0.5) is 18.9 Å². The fourth-order valence-corrected chi connectivity index (χ4v) is 6.76. The molecule has 1 aromatic heterocycles. The second kappa shape index (κ2) is 11.5. The molecule has 0 radical (unpaired) electrons. The molecule has 0 spiro atoms. The first-order chi connectivity index (χ1) is 18.0. The van der Waals surface area contributed by atoms with Crippen molar-refractivity contribution in [3.63, 3.8) is 0 Å². The highest BCUT2D eigenvalue weighted by molar-refractivity contribution is 7.94. The summed E-state index contributed by atoms with van der Waals surface area (Å²) in [6, 6.07) is 10.5. The molecule has 16 heteroatoms. The van der Waals surface area contributed by atoms with Gasteiger partial charge in [0.1, 0.15) is 10.3 Å². The molecule has 9 nitrogen and oxygen atoms in total. The fraction of sp³-hybridized carbons (Fsp3) is 0.217. The molecule has 0 unspecified atom stereocenters. The number of hydrogen-bond acceptors (Lipinski definition) is 7. The maximum Gasteiger partial charge on any atom is 0.416 e. The summed E-state index contributed by atoms with van der Waals surface area (Å²) in [7, 11) is -8.43. The van der Waals surface area contributed by atoms with Gasteiger partial charge in [-0.3, -0.25) is 19.0 Å². The predicted octanol–water partition coefficient (Wildman–Crippen LogP) is 3.95. The Bertz CT molecular complexity index is 1610. The second-order valence-electron chi connectivity index (χ2n) is 8.33. The van der Waals surface area contributed by atoms with Gasteiger partial charge >= 0.3 is 6.18 Å². The molecule has 39 heavy (non-hydrogen) atoms. The largest absolute Gasteiger partial charge is 0.416 e. The normalized spacial score (nSPS) is 13.0. The second-order valence-corrected chi connectivity index (χ2v) is 13.4. The topological polar surface area (TPSA) is 139 Å². The quantitative estimate of drug-likeness (QED) is 0.330. The van der Waals surface area contributed by atoms with Crippen LogP contribution in [-0.2, 0) is 37.4 Å². The summed E-state index contributed by atoms with van der Waals surface area (Å²) in [5, 5.41) is 2.13. The van der Waals surface area contributed by atoms with E-state index in [0.717, 1.165) is 12.3 Å². The van der Waals surface area contributed by atoms with Crippen LogP contribution in [0, 0.1) is 6.92 Å². The molecule has 210 valence electrons. The smallest absolute Gasteiger partial charge is 0.339 e. The summed E-state index contributed by atoms with van der Waals surface area (Å²) in [5.74, 6) is -1.87. The lowest BCUT2D eigenvalue weighted by atomic mass is 10.1. The van der Waals surface area contributed by atoms with Crippen LogP contribution in [0.15, 0.2) is 58.8 Å². The Morgan fingerprint density at radius 1 is 1.03 bits per heavy atom. The molecule has 3 rings (SSSR count). The Balaban J connectivity index is 1.87. The zero-order valence-electron chi connectivity index (χ0n) is 20.2. The van der Waals surface area contributed by atoms with Gasteiger partial charge in [0.15, 0.2) is 0 Å². The Morgan fingerprint density at radius 2 is 1.67 bits per heavy atom. The minimum atomic E-state index is -4.74. The summed E-state index contributed by atoms with van der Waals surface area (Å²) in [4.78, 5) is 25.4. The fourth-order valence-electron chi connectivity index (χ4n) is 3.36. The zero-order valence-corrected chi connectivity index (χ0v) is 23.4. The van der Waals surface area contributed by atoms with E-state index in [-0.39, 0.29) is 26.1 Å². The average molecular weight is 624 g/mol. The minimum Gasteiger partial charge on any atom is -0.339 e.